The Morgan fingerprint density at radius 1 is 1.33 bits per heavy atom. The van der Waals surface area contributed by atoms with E-state index in [9.17, 15) is 4.39 Å². The number of hydrogen-bond donors (Lipinski definition) is 1. The van der Waals surface area contributed by atoms with Gasteiger partial charge in [-0.25, -0.2) is 4.39 Å². The molecule has 114 valence electrons. The first-order valence-electron chi connectivity index (χ1n) is 7.07. The zero-order valence-electron chi connectivity index (χ0n) is 13.2. The minimum atomic E-state index is -0.262. The standard InChI is InChI=1S/C16H22FN3O/c1-10-6-7-11(8-12(10)17)15-19-14(21-20-15)9-13(18-5)16(2,3)4/h6-8,13,18H,9H2,1-5H3. The Hall–Kier alpha value is -1.75. The molecule has 0 saturated heterocycles. The molecule has 0 radical (unpaired) electrons. The van der Waals surface area contributed by atoms with Gasteiger partial charge in [-0.2, -0.15) is 4.98 Å². The summed E-state index contributed by atoms with van der Waals surface area (Å²) in [6.45, 7) is 8.18. The van der Waals surface area contributed by atoms with Crippen LogP contribution in [0, 0.1) is 18.2 Å². The zero-order valence-corrected chi connectivity index (χ0v) is 13.2. The highest BCUT2D eigenvalue weighted by atomic mass is 19.1. The molecule has 0 aliphatic heterocycles. The Labute approximate surface area is 124 Å². The summed E-state index contributed by atoms with van der Waals surface area (Å²) in [6.07, 6.45) is 0.640. The molecule has 0 aliphatic carbocycles. The number of halogens is 1. The van der Waals surface area contributed by atoms with Gasteiger partial charge in [-0.1, -0.05) is 38.1 Å². The van der Waals surface area contributed by atoms with Crippen molar-refractivity contribution in [3.63, 3.8) is 0 Å². The number of benzene rings is 1. The van der Waals surface area contributed by atoms with Crippen molar-refractivity contribution < 1.29 is 8.91 Å². The quantitative estimate of drug-likeness (QED) is 0.938. The summed E-state index contributed by atoms with van der Waals surface area (Å²) in [4.78, 5) is 4.37. The maximum absolute atomic E-state index is 13.6. The van der Waals surface area contributed by atoms with Crippen molar-refractivity contribution in [2.24, 2.45) is 5.41 Å². The molecule has 1 heterocycles. The smallest absolute Gasteiger partial charge is 0.228 e. The van der Waals surface area contributed by atoms with Crippen LogP contribution in [0.2, 0.25) is 0 Å². The van der Waals surface area contributed by atoms with Crippen molar-refractivity contribution in [3.05, 3.63) is 35.5 Å². The van der Waals surface area contributed by atoms with E-state index in [0.29, 0.717) is 29.3 Å². The average Bonchev–Trinajstić information content (AvgIpc) is 2.86. The van der Waals surface area contributed by atoms with Crippen molar-refractivity contribution in [2.75, 3.05) is 7.05 Å². The molecule has 4 nitrogen and oxygen atoms in total. The third-order valence-corrected chi connectivity index (χ3v) is 3.67. The Kier molecular flexibility index (Phi) is 4.42. The third kappa shape index (κ3) is 3.67. The van der Waals surface area contributed by atoms with Gasteiger partial charge in [0.25, 0.3) is 0 Å². The molecule has 2 rings (SSSR count). The van der Waals surface area contributed by atoms with E-state index in [1.807, 2.05) is 7.05 Å². The van der Waals surface area contributed by atoms with E-state index < -0.39 is 0 Å². The summed E-state index contributed by atoms with van der Waals surface area (Å²) >= 11 is 0. The maximum atomic E-state index is 13.6. The molecular formula is C16H22FN3O. The van der Waals surface area contributed by atoms with Crippen LogP contribution in [-0.4, -0.2) is 23.2 Å². The van der Waals surface area contributed by atoms with Crippen molar-refractivity contribution >= 4 is 0 Å². The number of nitrogens with one attached hydrogen (secondary N) is 1. The second-order valence-corrected chi connectivity index (χ2v) is 6.39. The highest BCUT2D eigenvalue weighted by Crippen LogP contribution is 2.23. The summed E-state index contributed by atoms with van der Waals surface area (Å²) in [6, 6.07) is 5.17. The highest BCUT2D eigenvalue weighted by Gasteiger charge is 2.25. The van der Waals surface area contributed by atoms with Crippen LogP contribution < -0.4 is 5.32 Å². The van der Waals surface area contributed by atoms with Gasteiger partial charge in [-0.3, -0.25) is 0 Å². The van der Waals surface area contributed by atoms with E-state index in [0.717, 1.165) is 0 Å². The number of hydrogen-bond acceptors (Lipinski definition) is 4. The first-order valence-corrected chi connectivity index (χ1v) is 7.07. The number of likely N-dealkylation sites (N-methyl/N-ethyl adjacent to an activating group) is 1. The van der Waals surface area contributed by atoms with Crippen LogP contribution in [0.25, 0.3) is 11.4 Å². The molecule has 0 spiro atoms. The monoisotopic (exact) mass is 291 g/mol. The predicted octanol–water partition coefficient (Wildman–Crippen LogP) is 3.36. The largest absolute Gasteiger partial charge is 0.339 e. The maximum Gasteiger partial charge on any atom is 0.228 e. The van der Waals surface area contributed by atoms with Gasteiger partial charge < -0.3 is 9.84 Å². The third-order valence-electron chi connectivity index (χ3n) is 3.67. The van der Waals surface area contributed by atoms with Gasteiger partial charge in [0.2, 0.25) is 11.7 Å². The fourth-order valence-electron chi connectivity index (χ4n) is 2.20. The van der Waals surface area contributed by atoms with Crippen LogP contribution in [0.1, 0.15) is 32.2 Å². The van der Waals surface area contributed by atoms with Crippen LogP contribution in [0.15, 0.2) is 22.7 Å². The van der Waals surface area contributed by atoms with Gasteiger partial charge in [0.1, 0.15) is 5.82 Å². The SMILES string of the molecule is CNC(Cc1nc(-c2ccc(C)c(F)c2)no1)C(C)(C)C. The van der Waals surface area contributed by atoms with Crippen LogP contribution in [-0.2, 0) is 6.42 Å². The van der Waals surface area contributed by atoms with Crippen molar-refractivity contribution in [3.8, 4) is 11.4 Å². The Bertz CT molecular complexity index is 616. The average molecular weight is 291 g/mol. The van der Waals surface area contributed by atoms with Crippen LogP contribution in [0.5, 0.6) is 0 Å². The molecule has 0 aliphatic rings. The Balaban J connectivity index is 2.19. The lowest BCUT2D eigenvalue weighted by Gasteiger charge is -2.29. The van der Waals surface area contributed by atoms with Gasteiger partial charge in [0.05, 0.1) is 0 Å². The molecule has 1 atom stereocenters. The van der Waals surface area contributed by atoms with Gasteiger partial charge in [0, 0.05) is 18.0 Å². The molecule has 1 aromatic heterocycles. The summed E-state index contributed by atoms with van der Waals surface area (Å²) in [7, 11) is 1.92. The second kappa shape index (κ2) is 5.93. The van der Waals surface area contributed by atoms with Gasteiger partial charge in [0.15, 0.2) is 0 Å². The van der Waals surface area contributed by atoms with E-state index in [1.165, 1.54) is 6.07 Å². The lowest BCUT2D eigenvalue weighted by molar-refractivity contribution is 0.255. The molecule has 1 aromatic carbocycles. The summed E-state index contributed by atoms with van der Waals surface area (Å²) in [5.41, 5.74) is 1.31. The van der Waals surface area contributed by atoms with Crippen molar-refractivity contribution in [1.82, 2.24) is 15.5 Å². The van der Waals surface area contributed by atoms with Gasteiger partial charge in [-0.05, 0) is 31.0 Å². The number of aromatic nitrogens is 2. The highest BCUT2D eigenvalue weighted by molar-refractivity contribution is 5.54. The number of aryl methyl sites for hydroxylation is 1. The number of rotatable bonds is 4. The molecule has 1 unspecified atom stereocenters. The first-order chi connectivity index (χ1) is 9.81. The molecule has 0 amide bonds. The minimum absolute atomic E-state index is 0.0827. The summed E-state index contributed by atoms with van der Waals surface area (Å²) in [5.74, 6) is 0.717. The van der Waals surface area contributed by atoms with Gasteiger partial charge >= 0.3 is 0 Å². The lowest BCUT2D eigenvalue weighted by atomic mass is 9.85. The Morgan fingerprint density at radius 3 is 2.62 bits per heavy atom. The molecule has 21 heavy (non-hydrogen) atoms. The van der Waals surface area contributed by atoms with Gasteiger partial charge in [-0.15, -0.1) is 0 Å². The molecule has 2 aromatic rings. The minimum Gasteiger partial charge on any atom is -0.339 e. The second-order valence-electron chi connectivity index (χ2n) is 6.39. The fraction of sp³-hybridized carbons (Fsp3) is 0.500. The molecule has 0 saturated carbocycles. The van der Waals surface area contributed by atoms with Crippen molar-refractivity contribution in [1.29, 1.82) is 0 Å². The predicted molar refractivity (Wildman–Crippen MR) is 80.4 cm³/mol. The van der Waals surface area contributed by atoms with Crippen LogP contribution in [0.4, 0.5) is 4.39 Å². The topological polar surface area (TPSA) is 51.0 Å². The van der Waals surface area contributed by atoms with E-state index in [4.69, 9.17) is 4.52 Å². The fourth-order valence-corrected chi connectivity index (χ4v) is 2.20. The first kappa shape index (κ1) is 15.6. The zero-order chi connectivity index (χ0) is 15.6. The number of nitrogens with zero attached hydrogens (tertiary/aromatic N) is 2. The van der Waals surface area contributed by atoms with E-state index >= 15 is 0 Å². The lowest BCUT2D eigenvalue weighted by Crippen LogP contribution is -2.39. The molecule has 5 heteroatoms. The van der Waals surface area contributed by atoms with Crippen LogP contribution in [0.3, 0.4) is 0 Å². The molecule has 1 N–H and O–H groups in total. The Morgan fingerprint density at radius 2 is 2.05 bits per heavy atom. The van der Waals surface area contributed by atoms with Crippen LogP contribution >= 0.6 is 0 Å². The van der Waals surface area contributed by atoms with E-state index in [2.05, 4.69) is 36.2 Å². The molecule has 0 bridgehead atoms. The summed E-state index contributed by atoms with van der Waals surface area (Å²) < 4.78 is 18.9. The summed E-state index contributed by atoms with van der Waals surface area (Å²) in [5, 5.41) is 7.21. The van der Waals surface area contributed by atoms with E-state index in [1.54, 1.807) is 19.1 Å². The normalized spacial score (nSPS) is 13.4. The molecular weight excluding hydrogens is 269 g/mol. The molecule has 0 fully saturated rings. The van der Waals surface area contributed by atoms with E-state index in [-0.39, 0.29) is 17.3 Å². The van der Waals surface area contributed by atoms with Crippen molar-refractivity contribution in [2.45, 2.75) is 40.2 Å².